The second kappa shape index (κ2) is 9.01. The number of fused-ring (bicyclic) bond motifs is 1. The van der Waals surface area contributed by atoms with E-state index in [1.54, 1.807) is 43.9 Å². The van der Waals surface area contributed by atoms with Crippen LogP contribution in [0.1, 0.15) is 43.4 Å². The predicted molar refractivity (Wildman–Crippen MR) is 119 cm³/mol. The van der Waals surface area contributed by atoms with Crippen LogP contribution in [0, 0.1) is 0 Å². The summed E-state index contributed by atoms with van der Waals surface area (Å²) in [6.07, 6.45) is 0.534. The Balaban J connectivity index is 1.54. The van der Waals surface area contributed by atoms with Crippen LogP contribution in [0.5, 0.6) is 0 Å². The fourth-order valence-corrected chi connectivity index (χ4v) is 3.90. The number of methoxy groups -OCH3 is 1. The Morgan fingerprint density at radius 2 is 2.00 bits per heavy atom. The predicted octanol–water partition coefficient (Wildman–Crippen LogP) is 2.19. The van der Waals surface area contributed by atoms with Crippen molar-refractivity contribution >= 4 is 29.0 Å². The molecule has 1 aromatic heterocycles. The van der Waals surface area contributed by atoms with Crippen molar-refractivity contribution < 1.29 is 28.6 Å². The van der Waals surface area contributed by atoms with E-state index in [-0.39, 0.29) is 18.6 Å². The first-order valence-corrected chi connectivity index (χ1v) is 11.1. The van der Waals surface area contributed by atoms with Crippen LogP contribution < -0.4 is 0 Å². The number of nitrogens with zero attached hydrogens (tertiary/aromatic N) is 4. The monoisotopic (exact) mass is 458 g/mol. The number of imidazole rings is 1. The zero-order chi connectivity index (χ0) is 23.8. The van der Waals surface area contributed by atoms with Gasteiger partial charge in [0, 0.05) is 19.7 Å². The summed E-state index contributed by atoms with van der Waals surface area (Å²) in [5, 5.41) is 0. The van der Waals surface area contributed by atoms with Gasteiger partial charge in [0.1, 0.15) is 18.0 Å². The molecule has 0 radical (unpaired) electrons. The molecular formula is C23H30N4O6. The molecule has 10 nitrogen and oxygen atoms in total. The van der Waals surface area contributed by atoms with Gasteiger partial charge >= 0.3 is 12.1 Å². The SMILES string of the molecule is COC(=O)c1ccc2nc(CN3CCN(C(=O)OC(C)(C)C)CC3=O)n(C[C@@H]3CCO3)c2c1. The first-order chi connectivity index (χ1) is 15.6. The van der Waals surface area contributed by atoms with Crippen molar-refractivity contribution in [2.45, 2.75) is 52.0 Å². The third-order valence-corrected chi connectivity index (χ3v) is 5.73. The average Bonchev–Trinajstić information content (AvgIpc) is 3.06. The molecule has 0 bridgehead atoms. The van der Waals surface area contributed by atoms with Crippen LogP contribution >= 0.6 is 0 Å². The Morgan fingerprint density at radius 3 is 2.61 bits per heavy atom. The van der Waals surface area contributed by atoms with E-state index >= 15 is 0 Å². The van der Waals surface area contributed by atoms with Gasteiger partial charge in [-0.3, -0.25) is 9.69 Å². The average molecular weight is 459 g/mol. The number of ether oxygens (including phenoxy) is 3. The molecule has 33 heavy (non-hydrogen) atoms. The summed E-state index contributed by atoms with van der Waals surface area (Å²) in [6, 6.07) is 5.23. The highest BCUT2D eigenvalue weighted by atomic mass is 16.6. The van der Waals surface area contributed by atoms with Gasteiger partial charge in [0.05, 0.1) is 42.9 Å². The van der Waals surface area contributed by atoms with Crippen LogP contribution in [0.25, 0.3) is 11.0 Å². The minimum Gasteiger partial charge on any atom is -0.465 e. The standard InChI is InChI=1S/C23H30N4O6/c1-23(2,3)33-22(30)26-9-8-25(20(28)14-26)13-19-24-17-6-5-15(21(29)31-4)11-18(17)27(19)12-16-7-10-32-16/h5-6,11,16H,7-10,12-14H2,1-4H3/t16-/m0/s1. The minimum atomic E-state index is -0.616. The van der Waals surface area contributed by atoms with Gasteiger partial charge in [-0.15, -0.1) is 0 Å². The molecule has 3 heterocycles. The summed E-state index contributed by atoms with van der Waals surface area (Å²) in [6.45, 7) is 7.74. The highest BCUT2D eigenvalue weighted by Crippen LogP contribution is 2.24. The first-order valence-electron chi connectivity index (χ1n) is 11.1. The molecule has 0 saturated carbocycles. The molecule has 1 aromatic carbocycles. The molecule has 0 spiro atoms. The van der Waals surface area contributed by atoms with E-state index in [0.717, 1.165) is 24.1 Å². The smallest absolute Gasteiger partial charge is 0.410 e. The third-order valence-electron chi connectivity index (χ3n) is 5.73. The van der Waals surface area contributed by atoms with Crippen molar-refractivity contribution in [2.75, 3.05) is 33.4 Å². The zero-order valence-electron chi connectivity index (χ0n) is 19.5. The summed E-state index contributed by atoms with van der Waals surface area (Å²) in [5.74, 6) is 0.127. The number of hydrogen-bond donors (Lipinski definition) is 0. The Morgan fingerprint density at radius 1 is 1.24 bits per heavy atom. The van der Waals surface area contributed by atoms with Crippen LogP contribution in [-0.2, 0) is 32.1 Å². The normalized spacial score (nSPS) is 18.9. The van der Waals surface area contributed by atoms with Gasteiger partial charge in [-0.2, -0.15) is 0 Å². The topological polar surface area (TPSA) is 103 Å². The number of rotatable bonds is 5. The highest BCUT2D eigenvalue weighted by Gasteiger charge is 2.31. The van der Waals surface area contributed by atoms with E-state index in [0.29, 0.717) is 37.6 Å². The van der Waals surface area contributed by atoms with E-state index in [1.165, 1.54) is 12.0 Å². The quantitative estimate of drug-likeness (QED) is 0.633. The van der Waals surface area contributed by atoms with Crippen LogP contribution in [0.15, 0.2) is 18.2 Å². The number of carbonyl (C=O) groups is 3. The summed E-state index contributed by atoms with van der Waals surface area (Å²) < 4.78 is 17.9. The van der Waals surface area contributed by atoms with E-state index < -0.39 is 17.7 Å². The van der Waals surface area contributed by atoms with Gasteiger partial charge in [-0.25, -0.2) is 14.6 Å². The lowest BCUT2D eigenvalue weighted by atomic mass is 10.1. The van der Waals surface area contributed by atoms with E-state index in [2.05, 4.69) is 0 Å². The highest BCUT2D eigenvalue weighted by molar-refractivity contribution is 5.93. The molecule has 4 rings (SSSR count). The van der Waals surface area contributed by atoms with Crippen LogP contribution in [-0.4, -0.2) is 82.4 Å². The van der Waals surface area contributed by atoms with E-state index in [1.807, 2.05) is 4.57 Å². The lowest BCUT2D eigenvalue weighted by Gasteiger charge is -2.35. The van der Waals surface area contributed by atoms with Crippen LogP contribution in [0.2, 0.25) is 0 Å². The number of hydrogen-bond acceptors (Lipinski definition) is 7. The van der Waals surface area contributed by atoms with Crippen molar-refractivity contribution in [3.8, 4) is 0 Å². The fraction of sp³-hybridized carbons (Fsp3) is 0.565. The van der Waals surface area contributed by atoms with Crippen molar-refractivity contribution in [1.82, 2.24) is 19.4 Å². The Labute approximate surface area is 192 Å². The van der Waals surface area contributed by atoms with Gasteiger partial charge in [0.2, 0.25) is 5.91 Å². The number of esters is 1. The number of carbonyl (C=O) groups excluding carboxylic acids is 3. The Bertz CT molecular complexity index is 1070. The molecule has 2 fully saturated rings. The number of amides is 2. The summed E-state index contributed by atoms with van der Waals surface area (Å²) >= 11 is 0. The third kappa shape index (κ3) is 5.11. The summed E-state index contributed by atoms with van der Waals surface area (Å²) in [5.41, 5.74) is 1.35. The van der Waals surface area contributed by atoms with Crippen molar-refractivity contribution in [3.05, 3.63) is 29.6 Å². The maximum absolute atomic E-state index is 12.8. The summed E-state index contributed by atoms with van der Waals surface area (Å²) in [4.78, 5) is 45.1. The maximum Gasteiger partial charge on any atom is 0.410 e. The molecule has 0 N–H and O–H groups in total. The Hall–Kier alpha value is -3.14. The van der Waals surface area contributed by atoms with Gasteiger partial charge in [-0.1, -0.05) is 0 Å². The molecule has 2 aliphatic heterocycles. The van der Waals surface area contributed by atoms with Crippen molar-refractivity contribution in [1.29, 1.82) is 0 Å². The number of piperazine rings is 1. The molecular weight excluding hydrogens is 428 g/mol. The second-order valence-electron chi connectivity index (χ2n) is 9.33. The van der Waals surface area contributed by atoms with Gasteiger partial charge in [0.15, 0.2) is 0 Å². The minimum absolute atomic E-state index is 0.0344. The molecule has 178 valence electrons. The van der Waals surface area contributed by atoms with Crippen molar-refractivity contribution in [3.63, 3.8) is 0 Å². The van der Waals surface area contributed by atoms with Crippen LogP contribution in [0.3, 0.4) is 0 Å². The lowest BCUT2D eigenvalue weighted by Crippen LogP contribution is -2.53. The molecule has 0 unspecified atom stereocenters. The maximum atomic E-state index is 12.8. The Kier molecular flexibility index (Phi) is 6.29. The number of aromatic nitrogens is 2. The van der Waals surface area contributed by atoms with Gasteiger partial charge in [0.25, 0.3) is 0 Å². The van der Waals surface area contributed by atoms with Gasteiger partial charge in [-0.05, 0) is 45.4 Å². The summed E-state index contributed by atoms with van der Waals surface area (Å²) in [7, 11) is 1.35. The first kappa shape index (κ1) is 23.0. The molecule has 2 saturated heterocycles. The van der Waals surface area contributed by atoms with Gasteiger partial charge < -0.3 is 23.7 Å². The van der Waals surface area contributed by atoms with Crippen molar-refractivity contribution in [2.24, 2.45) is 0 Å². The molecule has 2 aromatic rings. The molecule has 2 amide bonds. The molecule has 2 aliphatic rings. The van der Waals surface area contributed by atoms with E-state index in [9.17, 15) is 14.4 Å². The lowest BCUT2D eigenvalue weighted by molar-refractivity contribution is -0.136. The van der Waals surface area contributed by atoms with E-state index in [4.69, 9.17) is 19.2 Å². The zero-order valence-corrected chi connectivity index (χ0v) is 19.5. The fourth-order valence-electron chi connectivity index (χ4n) is 3.90. The molecule has 1 atom stereocenters. The number of benzene rings is 1. The van der Waals surface area contributed by atoms with Crippen LogP contribution in [0.4, 0.5) is 4.79 Å². The largest absolute Gasteiger partial charge is 0.465 e. The molecule has 0 aliphatic carbocycles. The molecule has 10 heteroatoms. The second-order valence-corrected chi connectivity index (χ2v) is 9.33.